The minimum atomic E-state index is 0.868. The molecule has 0 saturated carbocycles. The quantitative estimate of drug-likeness (QED) is 0.631. The summed E-state index contributed by atoms with van der Waals surface area (Å²) in [5, 5.41) is 1.16. The molecule has 3 rings (SSSR count). The van der Waals surface area contributed by atoms with Crippen molar-refractivity contribution < 1.29 is 0 Å². The highest BCUT2D eigenvalue weighted by Gasteiger charge is 2.00. The SMILES string of the molecule is [c]1cn(Cc2ccncc2)c2ccccc12. The number of hydrogen-bond acceptors (Lipinski definition) is 1. The molecule has 0 atom stereocenters. The number of nitrogens with zero attached hydrogens (tertiary/aromatic N) is 2. The van der Waals surface area contributed by atoms with Gasteiger partial charge in [0.1, 0.15) is 0 Å². The van der Waals surface area contributed by atoms with Gasteiger partial charge in [-0.25, -0.2) is 0 Å². The zero-order valence-corrected chi connectivity index (χ0v) is 8.80. The lowest BCUT2D eigenvalue weighted by molar-refractivity contribution is 0.834. The molecular formula is C14H11N2. The monoisotopic (exact) mass is 207 g/mol. The first-order valence-corrected chi connectivity index (χ1v) is 5.28. The molecule has 2 heteroatoms. The summed E-state index contributed by atoms with van der Waals surface area (Å²) >= 11 is 0. The number of benzene rings is 1. The van der Waals surface area contributed by atoms with Gasteiger partial charge < -0.3 is 4.57 Å². The van der Waals surface area contributed by atoms with Gasteiger partial charge in [0, 0.05) is 42.1 Å². The minimum Gasteiger partial charge on any atom is -0.342 e. The molecule has 0 saturated heterocycles. The molecule has 0 spiro atoms. The summed E-state index contributed by atoms with van der Waals surface area (Å²) in [6.45, 7) is 0.868. The Morgan fingerprint density at radius 2 is 1.88 bits per heavy atom. The molecule has 0 fully saturated rings. The van der Waals surface area contributed by atoms with Crippen LogP contribution in [0, 0.1) is 6.07 Å². The predicted molar refractivity (Wildman–Crippen MR) is 64.1 cm³/mol. The summed E-state index contributed by atoms with van der Waals surface area (Å²) in [4.78, 5) is 4.02. The van der Waals surface area contributed by atoms with Crippen LogP contribution in [0.5, 0.6) is 0 Å². The van der Waals surface area contributed by atoms with Crippen molar-refractivity contribution in [3.05, 3.63) is 66.6 Å². The molecule has 0 N–H and O–H groups in total. The van der Waals surface area contributed by atoms with Crippen LogP contribution < -0.4 is 0 Å². The zero-order valence-electron chi connectivity index (χ0n) is 8.80. The van der Waals surface area contributed by atoms with Crippen molar-refractivity contribution >= 4 is 10.9 Å². The Hall–Kier alpha value is -2.09. The van der Waals surface area contributed by atoms with Crippen LogP contribution in [-0.2, 0) is 6.54 Å². The largest absolute Gasteiger partial charge is 0.342 e. The summed E-state index contributed by atoms with van der Waals surface area (Å²) < 4.78 is 2.20. The van der Waals surface area contributed by atoms with Gasteiger partial charge in [-0.3, -0.25) is 4.98 Å². The molecule has 0 amide bonds. The second-order valence-electron chi connectivity index (χ2n) is 3.77. The standard InChI is InChI=1S/C14H11N2/c1-2-4-14-13(3-1)7-10-16(14)11-12-5-8-15-9-6-12/h1-6,8-10H,11H2. The number of fused-ring (bicyclic) bond motifs is 1. The van der Waals surface area contributed by atoms with Crippen LogP contribution in [0.15, 0.2) is 55.0 Å². The first kappa shape index (κ1) is 9.16. The molecular weight excluding hydrogens is 196 g/mol. The Bertz CT molecular complexity index is 596. The Morgan fingerprint density at radius 3 is 2.75 bits per heavy atom. The van der Waals surface area contributed by atoms with E-state index in [0.29, 0.717) is 0 Å². The summed E-state index contributed by atoms with van der Waals surface area (Å²) in [7, 11) is 0. The van der Waals surface area contributed by atoms with Crippen molar-refractivity contribution in [1.29, 1.82) is 0 Å². The number of aromatic nitrogens is 2. The van der Waals surface area contributed by atoms with E-state index >= 15 is 0 Å². The molecule has 0 aliphatic heterocycles. The normalized spacial score (nSPS) is 10.8. The average Bonchev–Trinajstić information content (AvgIpc) is 2.74. The minimum absolute atomic E-state index is 0.868. The fourth-order valence-corrected chi connectivity index (χ4v) is 1.88. The van der Waals surface area contributed by atoms with E-state index in [4.69, 9.17) is 0 Å². The van der Waals surface area contributed by atoms with Gasteiger partial charge in [0.25, 0.3) is 0 Å². The zero-order chi connectivity index (χ0) is 10.8. The predicted octanol–water partition coefficient (Wildman–Crippen LogP) is 2.88. The second kappa shape index (κ2) is 3.81. The highest BCUT2D eigenvalue weighted by atomic mass is 14.9. The summed E-state index contributed by atoms with van der Waals surface area (Å²) in [6, 6.07) is 15.6. The lowest BCUT2D eigenvalue weighted by Crippen LogP contribution is -1.97. The number of rotatable bonds is 2. The van der Waals surface area contributed by atoms with Crippen LogP contribution in [0.25, 0.3) is 10.9 Å². The number of pyridine rings is 1. The summed E-state index contributed by atoms with van der Waals surface area (Å²) in [5.41, 5.74) is 2.48. The topological polar surface area (TPSA) is 17.8 Å². The smallest absolute Gasteiger partial charge is 0.0489 e. The van der Waals surface area contributed by atoms with E-state index in [0.717, 1.165) is 11.9 Å². The number of para-hydroxylation sites is 1. The molecule has 2 nitrogen and oxygen atoms in total. The fraction of sp³-hybridized carbons (Fsp3) is 0.0714. The van der Waals surface area contributed by atoms with E-state index in [-0.39, 0.29) is 0 Å². The molecule has 2 aromatic heterocycles. The van der Waals surface area contributed by atoms with Crippen LogP contribution in [0.4, 0.5) is 0 Å². The summed E-state index contributed by atoms with van der Waals surface area (Å²) in [5.74, 6) is 0. The Morgan fingerprint density at radius 1 is 1.06 bits per heavy atom. The maximum atomic E-state index is 4.02. The molecule has 0 unspecified atom stereocenters. The Kier molecular flexibility index (Phi) is 2.18. The maximum absolute atomic E-state index is 4.02. The maximum Gasteiger partial charge on any atom is 0.0489 e. The van der Waals surface area contributed by atoms with Crippen LogP contribution in [-0.4, -0.2) is 9.55 Å². The van der Waals surface area contributed by atoms with Gasteiger partial charge in [-0.2, -0.15) is 0 Å². The van der Waals surface area contributed by atoms with Gasteiger partial charge in [-0.15, -0.1) is 0 Å². The van der Waals surface area contributed by atoms with Crippen LogP contribution in [0.3, 0.4) is 0 Å². The molecule has 1 aromatic carbocycles. The first-order chi connectivity index (χ1) is 7.93. The van der Waals surface area contributed by atoms with E-state index in [1.54, 1.807) is 0 Å². The molecule has 0 bridgehead atoms. The van der Waals surface area contributed by atoms with Gasteiger partial charge in [0.15, 0.2) is 0 Å². The Balaban J connectivity index is 2.01. The third-order valence-electron chi connectivity index (χ3n) is 2.69. The van der Waals surface area contributed by atoms with Crippen molar-refractivity contribution in [3.63, 3.8) is 0 Å². The van der Waals surface area contributed by atoms with E-state index in [1.807, 2.05) is 36.8 Å². The third kappa shape index (κ3) is 1.58. The van der Waals surface area contributed by atoms with E-state index in [2.05, 4.69) is 33.8 Å². The average molecular weight is 207 g/mol. The lowest BCUT2D eigenvalue weighted by atomic mass is 10.2. The summed E-state index contributed by atoms with van der Waals surface area (Å²) in [6.07, 6.45) is 5.65. The Labute approximate surface area is 94.2 Å². The van der Waals surface area contributed by atoms with E-state index < -0.39 is 0 Å². The molecule has 16 heavy (non-hydrogen) atoms. The van der Waals surface area contributed by atoms with Gasteiger partial charge in [0.05, 0.1) is 0 Å². The van der Waals surface area contributed by atoms with Crippen molar-refractivity contribution in [2.24, 2.45) is 0 Å². The molecule has 3 aromatic rings. The van der Waals surface area contributed by atoms with Crippen LogP contribution >= 0.6 is 0 Å². The van der Waals surface area contributed by atoms with Crippen molar-refractivity contribution in [3.8, 4) is 0 Å². The van der Waals surface area contributed by atoms with Gasteiger partial charge in [-0.05, 0) is 23.8 Å². The molecule has 0 aliphatic carbocycles. The highest BCUT2D eigenvalue weighted by Crippen LogP contribution is 2.15. The fourth-order valence-electron chi connectivity index (χ4n) is 1.88. The number of hydrogen-bond donors (Lipinski definition) is 0. The van der Waals surface area contributed by atoms with Gasteiger partial charge in [-0.1, -0.05) is 18.2 Å². The van der Waals surface area contributed by atoms with Crippen molar-refractivity contribution in [2.75, 3.05) is 0 Å². The highest BCUT2D eigenvalue weighted by molar-refractivity contribution is 5.79. The van der Waals surface area contributed by atoms with E-state index in [1.165, 1.54) is 11.1 Å². The van der Waals surface area contributed by atoms with Crippen molar-refractivity contribution in [1.82, 2.24) is 9.55 Å². The third-order valence-corrected chi connectivity index (χ3v) is 2.69. The molecule has 2 heterocycles. The van der Waals surface area contributed by atoms with Crippen molar-refractivity contribution in [2.45, 2.75) is 6.54 Å². The lowest BCUT2D eigenvalue weighted by Gasteiger charge is -2.04. The van der Waals surface area contributed by atoms with Gasteiger partial charge in [0.2, 0.25) is 0 Å². The van der Waals surface area contributed by atoms with E-state index in [9.17, 15) is 0 Å². The van der Waals surface area contributed by atoms with Gasteiger partial charge >= 0.3 is 0 Å². The second-order valence-corrected chi connectivity index (χ2v) is 3.77. The van der Waals surface area contributed by atoms with Crippen LogP contribution in [0.1, 0.15) is 5.56 Å². The molecule has 77 valence electrons. The molecule has 1 radical (unpaired) electrons. The molecule has 0 aliphatic rings. The van der Waals surface area contributed by atoms with Crippen LogP contribution in [0.2, 0.25) is 0 Å². The first-order valence-electron chi connectivity index (χ1n) is 5.28.